The Balaban J connectivity index is 1.79. The molecule has 0 unspecified atom stereocenters. The topological polar surface area (TPSA) is 45.6 Å². The number of amides is 1. The summed E-state index contributed by atoms with van der Waals surface area (Å²) < 4.78 is 43.0. The number of hydrogen-bond donors (Lipinski definition) is 0. The minimum Gasteiger partial charge on any atom is -0.306 e. The molecule has 0 radical (unpaired) electrons. The lowest BCUT2D eigenvalue weighted by Crippen LogP contribution is -2.60. The molecule has 0 saturated heterocycles. The number of rotatable bonds is 2. The Morgan fingerprint density at radius 3 is 2.51 bits per heavy atom. The summed E-state index contributed by atoms with van der Waals surface area (Å²) in [5.41, 5.74) is 2.36. The van der Waals surface area contributed by atoms with Gasteiger partial charge < -0.3 is 4.90 Å². The molecular formula is C25H21ClF3N3O2S. The third kappa shape index (κ3) is 3.90. The number of carbonyl (C=O) groups excluding carboxylic acids is 1. The van der Waals surface area contributed by atoms with Gasteiger partial charge >= 0.3 is 6.18 Å². The number of hydrogen-bond acceptors (Lipinski definition) is 4. The van der Waals surface area contributed by atoms with E-state index >= 15 is 0 Å². The largest absolute Gasteiger partial charge is 0.408 e. The standard InChI is InChI=1S/C25H21ClF3N3O2S/c1-14-20(33)10-11-31-21(14)24(34)30(15(2)25(27,28)29)13-32(31)22-17-7-4-3-6-16(17)12-35-23-18(22)8-5-9-19(23)26/h3-11,15,22H,12-13H2,1-2H3/t15-,22-/m0/s1. The molecule has 0 fully saturated rings. The van der Waals surface area contributed by atoms with Crippen molar-refractivity contribution < 1.29 is 18.0 Å². The maximum atomic E-state index is 13.8. The lowest BCUT2D eigenvalue weighted by molar-refractivity contribution is -0.173. The third-order valence-corrected chi connectivity index (χ3v) is 8.24. The van der Waals surface area contributed by atoms with Crippen LogP contribution in [0.5, 0.6) is 0 Å². The Kier molecular flexibility index (Phi) is 5.88. The van der Waals surface area contributed by atoms with Gasteiger partial charge in [-0.1, -0.05) is 48.0 Å². The number of thioether (sulfide) groups is 1. The molecule has 2 aliphatic rings. The summed E-state index contributed by atoms with van der Waals surface area (Å²) in [4.78, 5) is 27.4. The van der Waals surface area contributed by atoms with Crippen LogP contribution < -0.4 is 10.4 Å². The second-order valence-corrected chi connectivity index (χ2v) is 10.0. The summed E-state index contributed by atoms with van der Waals surface area (Å²) in [6.07, 6.45) is -3.17. The quantitative estimate of drug-likeness (QED) is 0.448. The smallest absolute Gasteiger partial charge is 0.306 e. The zero-order chi connectivity index (χ0) is 25.1. The molecule has 0 aliphatic carbocycles. The lowest BCUT2D eigenvalue weighted by atomic mass is 9.94. The van der Waals surface area contributed by atoms with Crippen LogP contribution >= 0.6 is 23.4 Å². The minimum atomic E-state index is -4.63. The third-order valence-electron chi connectivity index (χ3n) is 6.61. The number of fused-ring (bicyclic) bond motifs is 3. The molecule has 35 heavy (non-hydrogen) atoms. The van der Waals surface area contributed by atoms with Crippen LogP contribution in [0.15, 0.2) is 64.4 Å². The van der Waals surface area contributed by atoms with Crippen LogP contribution in [-0.4, -0.2) is 34.4 Å². The average molecular weight is 520 g/mol. The Morgan fingerprint density at radius 2 is 1.77 bits per heavy atom. The Hall–Kier alpha value is -2.91. The Morgan fingerprint density at radius 1 is 1.06 bits per heavy atom. The fraction of sp³-hybridized carbons (Fsp3) is 0.280. The van der Waals surface area contributed by atoms with Gasteiger partial charge in [0.2, 0.25) is 0 Å². The molecule has 3 heterocycles. The van der Waals surface area contributed by atoms with Crippen LogP contribution in [0.1, 0.15) is 45.7 Å². The van der Waals surface area contributed by atoms with E-state index in [9.17, 15) is 22.8 Å². The molecule has 2 aliphatic heterocycles. The van der Waals surface area contributed by atoms with Gasteiger partial charge in [0.1, 0.15) is 18.4 Å². The van der Waals surface area contributed by atoms with Crippen molar-refractivity contribution in [3.63, 3.8) is 0 Å². The number of carbonyl (C=O) groups is 1. The van der Waals surface area contributed by atoms with Gasteiger partial charge in [-0.25, -0.2) is 0 Å². The van der Waals surface area contributed by atoms with Gasteiger partial charge in [0, 0.05) is 28.5 Å². The number of aromatic nitrogens is 1. The zero-order valence-electron chi connectivity index (χ0n) is 18.8. The fourth-order valence-electron chi connectivity index (χ4n) is 4.67. The molecule has 3 aromatic rings. The Labute approximate surface area is 209 Å². The number of pyridine rings is 1. The molecule has 1 aromatic heterocycles. The number of benzene rings is 2. The summed E-state index contributed by atoms with van der Waals surface area (Å²) in [7, 11) is 0. The molecule has 5 rings (SSSR count). The highest BCUT2D eigenvalue weighted by Gasteiger charge is 2.47. The summed E-state index contributed by atoms with van der Waals surface area (Å²) in [6, 6.07) is 12.0. The first-order valence-electron chi connectivity index (χ1n) is 11.0. The number of halogens is 4. The maximum Gasteiger partial charge on any atom is 0.408 e. The first-order chi connectivity index (χ1) is 16.6. The number of alkyl halides is 3. The van der Waals surface area contributed by atoms with E-state index in [4.69, 9.17) is 11.6 Å². The molecule has 0 N–H and O–H groups in total. The average Bonchev–Trinajstić information content (AvgIpc) is 2.98. The van der Waals surface area contributed by atoms with E-state index in [0.717, 1.165) is 33.4 Å². The van der Waals surface area contributed by atoms with Crippen molar-refractivity contribution >= 4 is 29.3 Å². The van der Waals surface area contributed by atoms with Gasteiger partial charge in [-0.3, -0.25) is 19.3 Å². The normalized spacial score (nSPS) is 18.5. The van der Waals surface area contributed by atoms with Gasteiger partial charge in [0.15, 0.2) is 5.43 Å². The van der Waals surface area contributed by atoms with Gasteiger partial charge in [0.05, 0.1) is 11.1 Å². The van der Waals surface area contributed by atoms with Crippen LogP contribution in [0.2, 0.25) is 5.02 Å². The summed E-state index contributed by atoms with van der Waals surface area (Å²) in [5, 5.41) is 2.26. The van der Waals surface area contributed by atoms with Gasteiger partial charge in [0.25, 0.3) is 5.91 Å². The first-order valence-corrected chi connectivity index (χ1v) is 12.3. The lowest BCUT2D eigenvalue weighted by Gasteiger charge is -2.46. The summed E-state index contributed by atoms with van der Waals surface area (Å²) in [5.74, 6) is -0.196. The Bertz CT molecular complexity index is 1390. The van der Waals surface area contributed by atoms with Crippen LogP contribution in [0.4, 0.5) is 13.2 Å². The molecule has 5 nitrogen and oxygen atoms in total. The van der Waals surface area contributed by atoms with E-state index in [1.807, 2.05) is 36.4 Å². The van der Waals surface area contributed by atoms with Crippen molar-refractivity contribution in [2.45, 2.75) is 42.8 Å². The number of nitrogens with zero attached hydrogens (tertiary/aromatic N) is 3. The van der Waals surface area contributed by atoms with Crippen LogP contribution in [-0.2, 0) is 5.75 Å². The van der Waals surface area contributed by atoms with Crippen molar-refractivity contribution in [1.29, 1.82) is 0 Å². The predicted molar refractivity (Wildman–Crippen MR) is 130 cm³/mol. The highest BCUT2D eigenvalue weighted by Crippen LogP contribution is 2.45. The van der Waals surface area contributed by atoms with Crippen molar-refractivity contribution in [3.05, 3.63) is 97.9 Å². The maximum absolute atomic E-state index is 13.8. The van der Waals surface area contributed by atoms with E-state index in [1.54, 1.807) is 22.8 Å². The second-order valence-electron chi connectivity index (χ2n) is 8.62. The van der Waals surface area contributed by atoms with Crippen molar-refractivity contribution in [1.82, 2.24) is 9.58 Å². The minimum absolute atomic E-state index is 0.0715. The highest BCUT2D eigenvalue weighted by atomic mass is 35.5. The van der Waals surface area contributed by atoms with Crippen molar-refractivity contribution in [2.75, 3.05) is 11.7 Å². The first kappa shape index (κ1) is 23.8. The van der Waals surface area contributed by atoms with Gasteiger partial charge in [-0.05, 0) is 36.6 Å². The molecule has 182 valence electrons. The molecule has 10 heteroatoms. The molecule has 0 saturated carbocycles. The monoisotopic (exact) mass is 519 g/mol. The molecule has 2 aromatic carbocycles. The molecular weight excluding hydrogens is 499 g/mol. The zero-order valence-corrected chi connectivity index (χ0v) is 20.4. The molecule has 1 amide bonds. The van der Waals surface area contributed by atoms with Gasteiger partial charge in [-0.2, -0.15) is 13.2 Å². The predicted octanol–water partition coefficient (Wildman–Crippen LogP) is 5.51. The van der Waals surface area contributed by atoms with Crippen LogP contribution in [0, 0.1) is 6.92 Å². The molecule has 2 atom stereocenters. The van der Waals surface area contributed by atoms with E-state index in [0.29, 0.717) is 10.8 Å². The summed E-state index contributed by atoms with van der Waals surface area (Å²) >= 11 is 8.14. The van der Waals surface area contributed by atoms with E-state index in [2.05, 4.69) is 0 Å². The van der Waals surface area contributed by atoms with Crippen LogP contribution in [0.25, 0.3) is 0 Å². The SMILES string of the molecule is Cc1c2n(ccc1=O)N([C@H]1c3ccccc3CSc3c(Cl)cccc31)CN([C@@H](C)C(F)(F)F)C2=O. The molecule has 0 bridgehead atoms. The summed E-state index contributed by atoms with van der Waals surface area (Å²) in [6.45, 7) is 2.10. The second kappa shape index (κ2) is 8.64. The molecule has 0 spiro atoms. The van der Waals surface area contributed by atoms with Crippen molar-refractivity contribution in [2.24, 2.45) is 0 Å². The van der Waals surface area contributed by atoms with Gasteiger partial charge in [-0.15, -0.1) is 11.8 Å². The fourth-order valence-corrected chi connectivity index (χ4v) is 6.13. The van der Waals surface area contributed by atoms with E-state index in [1.165, 1.54) is 23.9 Å². The van der Waals surface area contributed by atoms with Crippen LogP contribution in [0.3, 0.4) is 0 Å². The van der Waals surface area contributed by atoms with Crippen molar-refractivity contribution in [3.8, 4) is 0 Å². The highest BCUT2D eigenvalue weighted by molar-refractivity contribution is 7.98. The van der Waals surface area contributed by atoms with E-state index in [-0.39, 0.29) is 17.9 Å². The van der Waals surface area contributed by atoms with E-state index < -0.39 is 29.6 Å².